The van der Waals surface area contributed by atoms with E-state index in [2.05, 4.69) is 41.1 Å². The molecule has 25 heavy (non-hydrogen) atoms. The van der Waals surface area contributed by atoms with E-state index in [9.17, 15) is 4.79 Å². The third-order valence-corrected chi connectivity index (χ3v) is 5.52. The quantitative estimate of drug-likeness (QED) is 0.873. The van der Waals surface area contributed by atoms with Gasteiger partial charge in [0.25, 0.3) is 0 Å². The van der Waals surface area contributed by atoms with Gasteiger partial charge in [-0.15, -0.1) is 0 Å². The van der Waals surface area contributed by atoms with E-state index >= 15 is 0 Å². The van der Waals surface area contributed by atoms with Crippen molar-refractivity contribution in [2.24, 2.45) is 5.92 Å². The molecule has 3 rings (SSSR count). The second kappa shape index (κ2) is 8.70. The summed E-state index contributed by atoms with van der Waals surface area (Å²) in [6, 6.07) is 9.17. The Morgan fingerprint density at radius 3 is 2.28 bits per heavy atom. The van der Waals surface area contributed by atoms with Crippen LogP contribution in [0.25, 0.3) is 0 Å². The van der Waals surface area contributed by atoms with E-state index in [0.29, 0.717) is 12.3 Å². The Labute approximate surface area is 152 Å². The summed E-state index contributed by atoms with van der Waals surface area (Å²) in [5.74, 6) is 0.489. The normalized spacial score (nSPS) is 20.0. The molecule has 0 radical (unpaired) electrons. The third kappa shape index (κ3) is 5.21. The maximum Gasteiger partial charge on any atom is 0.224 e. The van der Waals surface area contributed by atoms with Gasteiger partial charge < -0.3 is 10.2 Å². The average molecular weight is 344 g/mol. The Morgan fingerprint density at radius 2 is 1.68 bits per heavy atom. The summed E-state index contributed by atoms with van der Waals surface area (Å²) in [6.07, 6.45) is 7.61. The first-order valence-electron chi connectivity index (χ1n) is 10.0. The van der Waals surface area contributed by atoms with Crippen molar-refractivity contribution in [3.63, 3.8) is 0 Å². The topological polar surface area (TPSA) is 35.6 Å². The first-order valence-corrected chi connectivity index (χ1v) is 10.0. The molecule has 1 aliphatic heterocycles. The monoisotopic (exact) mass is 343 g/mol. The number of carbonyl (C=O) groups excluding carboxylic acids is 1. The van der Waals surface area contributed by atoms with Crippen LogP contribution in [-0.4, -0.2) is 43.0 Å². The fourth-order valence-corrected chi connectivity index (χ4v) is 4.13. The van der Waals surface area contributed by atoms with Gasteiger partial charge >= 0.3 is 0 Å². The molecular weight excluding hydrogens is 310 g/mol. The highest BCUT2D eigenvalue weighted by molar-refractivity contribution is 5.91. The van der Waals surface area contributed by atoms with Crippen molar-refractivity contribution in [2.75, 3.05) is 36.4 Å². The molecule has 4 nitrogen and oxygen atoms in total. The summed E-state index contributed by atoms with van der Waals surface area (Å²) in [5, 5.41) is 2.99. The van der Waals surface area contributed by atoms with Crippen LogP contribution in [-0.2, 0) is 4.79 Å². The van der Waals surface area contributed by atoms with Crippen molar-refractivity contribution in [3.8, 4) is 0 Å². The minimum atomic E-state index is 0.101. The molecule has 1 aromatic rings. The molecule has 138 valence electrons. The van der Waals surface area contributed by atoms with Gasteiger partial charge in [-0.25, -0.2) is 0 Å². The predicted molar refractivity (Wildman–Crippen MR) is 105 cm³/mol. The maximum atomic E-state index is 11.9. The highest BCUT2D eigenvalue weighted by atomic mass is 16.1. The van der Waals surface area contributed by atoms with E-state index in [1.807, 2.05) is 12.1 Å². The molecule has 0 spiro atoms. The average Bonchev–Trinajstić information content (AvgIpc) is 2.62. The summed E-state index contributed by atoms with van der Waals surface area (Å²) in [6.45, 7) is 8.70. The number of hydrogen-bond acceptors (Lipinski definition) is 3. The molecular formula is C21H33N3O. The summed E-state index contributed by atoms with van der Waals surface area (Å²) in [5.41, 5.74) is 2.17. The number of amides is 1. The molecule has 4 heteroatoms. The van der Waals surface area contributed by atoms with Gasteiger partial charge in [0.2, 0.25) is 5.91 Å². The second-order valence-corrected chi connectivity index (χ2v) is 8.01. The van der Waals surface area contributed by atoms with E-state index in [-0.39, 0.29) is 5.91 Å². The van der Waals surface area contributed by atoms with E-state index in [1.165, 1.54) is 50.9 Å². The van der Waals surface area contributed by atoms with E-state index < -0.39 is 0 Å². The number of hydrogen-bond donors (Lipinski definition) is 1. The van der Waals surface area contributed by atoms with Gasteiger partial charge in [0.15, 0.2) is 0 Å². The number of rotatable bonds is 5. The third-order valence-electron chi connectivity index (χ3n) is 5.52. The van der Waals surface area contributed by atoms with Gasteiger partial charge in [0.1, 0.15) is 0 Å². The number of nitrogens with zero attached hydrogens (tertiary/aromatic N) is 2. The molecule has 1 heterocycles. The molecule has 2 aliphatic rings. The van der Waals surface area contributed by atoms with Crippen LogP contribution < -0.4 is 10.2 Å². The van der Waals surface area contributed by atoms with Crippen molar-refractivity contribution >= 4 is 17.3 Å². The van der Waals surface area contributed by atoms with Crippen LogP contribution in [0.15, 0.2) is 24.3 Å². The Bertz CT molecular complexity index is 541. The van der Waals surface area contributed by atoms with Crippen molar-refractivity contribution in [1.82, 2.24) is 4.90 Å². The molecule has 0 atom stereocenters. The number of benzene rings is 1. The molecule has 1 saturated carbocycles. The molecule has 1 amide bonds. The fourth-order valence-electron chi connectivity index (χ4n) is 4.13. The standard InChI is InChI=1S/C21H33N3O/c1-17(2)16-21(25)22-18-8-10-20(11-9-18)24-14-12-23(13-15-24)19-6-4-3-5-7-19/h8-11,17,19H,3-7,12-16H2,1-2H3,(H,22,25). The second-order valence-electron chi connectivity index (χ2n) is 8.01. The highest BCUT2D eigenvalue weighted by Crippen LogP contribution is 2.25. The molecule has 0 bridgehead atoms. The van der Waals surface area contributed by atoms with Gasteiger partial charge in [-0.1, -0.05) is 33.1 Å². The zero-order chi connectivity index (χ0) is 17.6. The lowest BCUT2D eigenvalue weighted by Crippen LogP contribution is -2.50. The van der Waals surface area contributed by atoms with Crippen LogP contribution in [0.5, 0.6) is 0 Å². The van der Waals surface area contributed by atoms with Gasteiger partial charge in [-0.05, 0) is 43.0 Å². The maximum absolute atomic E-state index is 11.9. The largest absolute Gasteiger partial charge is 0.369 e. The van der Waals surface area contributed by atoms with Crippen LogP contribution >= 0.6 is 0 Å². The zero-order valence-electron chi connectivity index (χ0n) is 15.8. The lowest BCUT2D eigenvalue weighted by Gasteiger charge is -2.41. The summed E-state index contributed by atoms with van der Waals surface area (Å²) in [7, 11) is 0. The van der Waals surface area contributed by atoms with Crippen molar-refractivity contribution < 1.29 is 4.79 Å². The SMILES string of the molecule is CC(C)CC(=O)Nc1ccc(N2CCN(C3CCCCC3)CC2)cc1. The number of anilines is 2. The van der Waals surface area contributed by atoms with Gasteiger partial charge in [-0.3, -0.25) is 9.69 Å². The smallest absolute Gasteiger partial charge is 0.224 e. The Kier molecular flexibility index (Phi) is 6.35. The number of carbonyl (C=O) groups is 1. The summed E-state index contributed by atoms with van der Waals surface area (Å²) >= 11 is 0. The van der Waals surface area contributed by atoms with Crippen LogP contribution in [0.2, 0.25) is 0 Å². The Morgan fingerprint density at radius 1 is 1.04 bits per heavy atom. The van der Waals surface area contributed by atoms with Gasteiger partial charge in [0.05, 0.1) is 0 Å². The lowest BCUT2D eigenvalue weighted by molar-refractivity contribution is -0.116. The van der Waals surface area contributed by atoms with Crippen LogP contribution in [0.1, 0.15) is 52.4 Å². The number of piperazine rings is 1. The molecule has 1 saturated heterocycles. The molecule has 1 N–H and O–H groups in total. The van der Waals surface area contributed by atoms with Crippen LogP contribution in [0.3, 0.4) is 0 Å². The zero-order valence-corrected chi connectivity index (χ0v) is 15.8. The Balaban J connectivity index is 1.49. The first-order chi connectivity index (χ1) is 12.1. The number of nitrogens with one attached hydrogen (secondary N) is 1. The first kappa shape index (κ1) is 18.2. The van der Waals surface area contributed by atoms with Gasteiger partial charge in [0, 0.05) is 50.0 Å². The molecule has 2 fully saturated rings. The highest BCUT2D eigenvalue weighted by Gasteiger charge is 2.25. The summed E-state index contributed by atoms with van der Waals surface area (Å²) < 4.78 is 0. The van der Waals surface area contributed by atoms with E-state index in [1.54, 1.807) is 0 Å². The molecule has 1 aromatic carbocycles. The van der Waals surface area contributed by atoms with E-state index in [0.717, 1.165) is 24.8 Å². The minimum Gasteiger partial charge on any atom is -0.369 e. The molecule has 1 aliphatic carbocycles. The Hall–Kier alpha value is -1.55. The van der Waals surface area contributed by atoms with Gasteiger partial charge in [-0.2, -0.15) is 0 Å². The predicted octanol–water partition coefficient (Wildman–Crippen LogP) is 4.13. The lowest BCUT2D eigenvalue weighted by atomic mass is 9.94. The minimum absolute atomic E-state index is 0.101. The van der Waals surface area contributed by atoms with E-state index in [4.69, 9.17) is 0 Å². The molecule has 0 aromatic heterocycles. The van der Waals surface area contributed by atoms with Crippen molar-refractivity contribution in [2.45, 2.75) is 58.4 Å². The van der Waals surface area contributed by atoms with Crippen LogP contribution in [0.4, 0.5) is 11.4 Å². The fraction of sp³-hybridized carbons (Fsp3) is 0.667. The van der Waals surface area contributed by atoms with Crippen LogP contribution in [0, 0.1) is 5.92 Å². The molecule has 0 unspecified atom stereocenters. The summed E-state index contributed by atoms with van der Waals surface area (Å²) in [4.78, 5) is 17.0. The van der Waals surface area contributed by atoms with Crippen molar-refractivity contribution in [1.29, 1.82) is 0 Å². The van der Waals surface area contributed by atoms with Crippen molar-refractivity contribution in [3.05, 3.63) is 24.3 Å².